The second kappa shape index (κ2) is 8.92. The van der Waals surface area contributed by atoms with Crippen molar-refractivity contribution in [2.75, 3.05) is 27.2 Å². The van der Waals surface area contributed by atoms with Gasteiger partial charge in [0.2, 0.25) is 0 Å². The largest absolute Gasteiger partial charge is 0.494 e. The highest BCUT2D eigenvalue weighted by Crippen LogP contribution is 2.26. The molecule has 0 radical (unpaired) electrons. The molecule has 1 aromatic rings. The van der Waals surface area contributed by atoms with E-state index in [-0.39, 0.29) is 0 Å². The van der Waals surface area contributed by atoms with E-state index in [2.05, 4.69) is 59.6 Å². The minimum atomic E-state index is 0.495. The van der Waals surface area contributed by atoms with Crippen molar-refractivity contribution in [3.8, 4) is 5.75 Å². The van der Waals surface area contributed by atoms with Crippen LogP contribution in [0.1, 0.15) is 37.8 Å². The van der Waals surface area contributed by atoms with Crippen LogP contribution in [0.25, 0.3) is 0 Å². The van der Waals surface area contributed by atoms with E-state index in [1.807, 2.05) is 14.0 Å². The van der Waals surface area contributed by atoms with Gasteiger partial charge < -0.3 is 15.4 Å². The number of aryl methyl sites for hydroxylation is 1. The number of benzene rings is 1. The van der Waals surface area contributed by atoms with Crippen molar-refractivity contribution in [2.45, 2.75) is 52.2 Å². The second-order valence-electron chi connectivity index (χ2n) is 6.60. The Morgan fingerprint density at radius 3 is 2.75 bits per heavy atom. The van der Waals surface area contributed by atoms with Crippen molar-refractivity contribution in [3.05, 3.63) is 29.3 Å². The van der Waals surface area contributed by atoms with Crippen LogP contribution < -0.4 is 15.4 Å². The summed E-state index contributed by atoms with van der Waals surface area (Å²) >= 11 is 0. The third kappa shape index (κ3) is 5.41. The lowest BCUT2D eigenvalue weighted by Gasteiger charge is -2.25. The number of nitrogens with one attached hydrogen (secondary N) is 2. The first-order valence-electron chi connectivity index (χ1n) is 8.94. The molecule has 0 amide bonds. The first-order chi connectivity index (χ1) is 11.5. The monoisotopic (exact) mass is 332 g/mol. The maximum atomic E-state index is 5.74. The molecule has 1 unspecified atom stereocenters. The van der Waals surface area contributed by atoms with Crippen molar-refractivity contribution >= 4 is 5.96 Å². The molecule has 1 aliphatic rings. The van der Waals surface area contributed by atoms with Gasteiger partial charge in [0.05, 0.1) is 6.61 Å². The van der Waals surface area contributed by atoms with Crippen LogP contribution in [0.5, 0.6) is 5.75 Å². The molecule has 1 saturated carbocycles. The molecular weight excluding hydrogens is 300 g/mol. The van der Waals surface area contributed by atoms with Crippen LogP contribution in [-0.2, 0) is 6.54 Å². The second-order valence-corrected chi connectivity index (χ2v) is 6.60. The van der Waals surface area contributed by atoms with Gasteiger partial charge in [-0.2, -0.15) is 0 Å². The van der Waals surface area contributed by atoms with Gasteiger partial charge in [0.15, 0.2) is 5.96 Å². The summed E-state index contributed by atoms with van der Waals surface area (Å²) < 4.78 is 5.74. The molecule has 0 heterocycles. The number of hydrogen-bond donors (Lipinski definition) is 2. The summed E-state index contributed by atoms with van der Waals surface area (Å²) in [6.45, 7) is 8.61. The molecule has 0 bridgehead atoms. The highest BCUT2D eigenvalue weighted by atomic mass is 16.5. The molecule has 134 valence electrons. The van der Waals surface area contributed by atoms with Gasteiger partial charge in [-0.05, 0) is 52.3 Å². The van der Waals surface area contributed by atoms with Crippen LogP contribution >= 0.6 is 0 Å². The van der Waals surface area contributed by atoms with Gasteiger partial charge >= 0.3 is 0 Å². The molecule has 24 heavy (non-hydrogen) atoms. The topological polar surface area (TPSA) is 48.9 Å². The number of rotatable bonds is 8. The lowest BCUT2D eigenvalue weighted by molar-refractivity contribution is 0.247. The Morgan fingerprint density at radius 1 is 1.38 bits per heavy atom. The molecule has 0 aromatic heterocycles. The van der Waals surface area contributed by atoms with E-state index in [0.29, 0.717) is 19.2 Å². The molecule has 1 aromatic carbocycles. The Morgan fingerprint density at radius 2 is 2.12 bits per heavy atom. The molecule has 1 atom stereocenters. The van der Waals surface area contributed by atoms with Gasteiger partial charge in [-0.3, -0.25) is 9.89 Å². The predicted octanol–water partition coefficient (Wildman–Crippen LogP) is 2.54. The summed E-state index contributed by atoms with van der Waals surface area (Å²) in [6.07, 6.45) is 2.67. The fraction of sp³-hybridized carbons (Fsp3) is 0.632. The van der Waals surface area contributed by atoms with Gasteiger partial charge in [0.1, 0.15) is 5.75 Å². The van der Waals surface area contributed by atoms with E-state index in [0.717, 1.165) is 29.9 Å². The quantitative estimate of drug-likeness (QED) is 0.567. The molecule has 5 nitrogen and oxygen atoms in total. The highest BCUT2D eigenvalue weighted by molar-refractivity contribution is 5.79. The Balaban J connectivity index is 1.85. The van der Waals surface area contributed by atoms with Crippen LogP contribution in [-0.4, -0.2) is 50.2 Å². The van der Waals surface area contributed by atoms with E-state index in [1.54, 1.807) is 0 Å². The minimum absolute atomic E-state index is 0.495. The SMILES string of the molecule is CCOc1cc(C)ccc1CNC(=NC)NCC(C)N(C)C1CC1. The molecule has 0 saturated heterocycles. The Kier molecular flexibility index (Phi) is 6.91. The predicted molar refractivity (Wildman–Crippen MR) is 101 cm³/mol. The number of nitrogens with zero attached hydrogens (tertiary/aromatic N) is 2. The third-order valence-corrected chi connectivity index (χ3v) is 4.58. The van der Waals surface area contributed by atoms with Crippen molar-refractivity contribution in [1.82, 2.24) is 15.5 Å². The first-order valence-corrected chi connectivity index (χ1v) is 8.94. The van der Waals surface area contributed by atoms with Crippen molar-refractivity contribution in [3.63, 3.8) is 0 Å². The van der Waals surface area contributed by atoms with Crippen molar-refractivity contribution in [1.29, 1.82) is 0 Å². The van der Waals surface area contributed by atoms with E-state index >= 15 is 0 Å². The van der Waals surface area contributed by atoms with Crippen molar-refractivity contribution < 1.29 is 4.74 Å². The van der Waals surface area contributed by atoms with Crippen LogP contribution in [0.15, 0.2) is 23.2 Å². The molecule has 0 aliphatic heterocycles. The van der Waals surface area contributed by atoms with E-state index in [9.17, 15) is 0 Å². The van der Waals surface area contributed by atoms with Gasteiger partial charge in [-0.25, -0.2) is 0 Å². The Bertz CT molecular complexity index is 554. The van der Waals surface area contributed by atoms with Gasteiger partial charge in [0.25, 0.3) is 0 Å². The van der Waals surface area contributed by atoms with Crippen LogP contribution in [0, 0.1) is 6.92 Å². The fourth-order valence-corrected chi connectivity index (χ4v) is 2.73. The number of likely N-dealkylation sites (N-methyl/N-ethyl adjacent to an activating group) is 1. The molecular formula is C19H32N4O. The Labute approximate surface area is 146 Å². The maximum absolute atomic E-state index is 5.74. The summed E-state index contributed by atoms with van der Waals surface area (Å²) in [6, 6.07) is 7.59. The van der Waals surface area contributed by atoms with E-state index in [1.165, 1.54) is 18.4 Å². The normalized spacial score (nSPS) is 16.2. The number of aliphatic imine (C=N–C) groups is 1. The zero-order valence-electron chi connectivity index (χ0n) is 15.7. The maximum Gasteiger partial charge on any atom is 0.191 e. The number of guanidine groups is 1. The summed E-state index contributed by atoms with van der Waals surface area (Å²) in [5, 5.41) is 6.81. The van der Waals surface area contributed by atoms with Crippen molar-refractivity contribution in [2.24, 2.45) is 4.99 Å². The van der Waals surface area contributed by atoms with E-state index < -0.39 is 0 Å². The number of hydrogen-bond acceptors (Lipinski definition) is 3. The smallest absolute Gasteiger partial charge is 0.191 e. The summed E-state index contributed by atoms with van der Waals surface area (Å²) in [7, 11) is 4.02. The summed E-state index contributed by atoms with van der Waals surface area (Å²) in [5.74, 6) is 1.77. The molecule has 0 spiro atoms. The lowest BCUT2D eigenvalue weighted by atomic mass is 10.1. The zero-order chi connectivity index (χ0) is 17.5. The lowest BCUT2D eigenvalue weighted by Crippen LogP contribution is -2.45. The minimum Gasteiger partial charge on any atom is -0.494 e. The standard InChI is InChI=1S/C19H32N4O/c1-6-24-18-11-14(2)7-8-16(18)13-22-19(20-4)21-12-15(3)23(5)17-9-10-17/h7-8,11,15,17H,6,9-10,12-13H2,1-5H3,(H2,20,21,22). The van der Waals surface area contributed by atoms with Gasteiger partial charge in [-0.1, -0.05) is 12.1 Å². The first kappa shape index (κ1) is 18.6. The van der Waals surface area contributed by atoms with Crippen LogP contribution in [0.3, 0.4) is 0 Å². The van der Waals surface area contributed by atoms with Crippen LogP contribution in [0.2, 0.25) is 0 Å². The Hall–Kier alpha value is -1.75. The van der Waals surface area contributed by atoms with Gasteiger partial charge in [0, 0.05) is 37.8 Å². The molecule has 5 heteroatoms. The summed E-state index contributed by atoms with van der Waals surface area (Å²) in [5.41, 5.74) is 2.36. The summed E-state index contributed by atoms with van der Waals surface area (Å²) in [4.78, 5) is 6.78. The average molecular weight is 332 g/mol. The number of ether oxygens (including phenoxy) is 1. The molecule has 2 N–H and O–H groups in total. The molecule has 2 rings (SSSR count). The third-order valence-electron chi connectivity index (χ3n) is 4.58. The van der Waals surface area contributed by atoms with Crippen LogP contribution in [0.4, 0.5) is 0 Å². The molecule has 1 fully saturated rings. The molecule has 1 aliphatic carbocycles. The average Bonchev–Trinajstić information content (AvgIpc) is 3.40. The van der Waals surface area contributed by atoms with Gasteiger partial charge in [-0.15, -0.1) is 0 Å². The zero-order valence-corrected chi connectivity index (χ0v) is 15.7. The highest BCUT2D eigenvalue weighted by Gasteiger charge is 2.28. The fourth-order valence-electron chi connectivity index (χ4n) is 2.73. The van der Waals surface area contributed by atoms with E-state index in [4.69, 9.17) is 4.74 Å².